The minimum absolute atomic E-state index is 0.0387. The number of sulfone groups is 1. The minimum atomic E-state index is -3.35. The number of esters is 1. The van der Waals surface area contributed by atoms with E-state index in [1.54, 1.807) is 31.2 Å². The van der Waals surface area contributed by atoms with Gasteiger partial charge in [0.1, 0.15) is 6.10 Å². The van der Waals surface area contributed by atoms with E-state index in [0.717, 1.165) is 5.56 Å². The van der Waals surface area contributed by atoms with Crippen molar-refractivity contribution in [3.63, 3.8) is 0 Å². The van der Waals surface area contributed by atoms with Crippen LogP contribution < -0.4 is 0 Å². The van der Waals surface area contributed by atoms with E-state index in [0.29, 0.717) is 4.90 Å². The molecule has 0 saturated carbocycles. The fourth-order valence-corrected chi connectivity index (χ4v) is 3.75. The first kappa shape index (κ1) is 13.1. The van der Waals surface area contributed by atoms with Crippen LogP contribution in [0.4, 0.5) is 0 Å². The van der Waals surface area contributed by atoms with Crippen molar-refractivity contribution in [2.75, 3.05) is 5.75 Å². The van der Waals surface area contributed by atoms with Gasteiger partial charge in [-0.3, -0.25) is 4.79 Å². The molecule has 0 aromatic heterocycles. The molecule has 1 aromatic carbocycles. The van der Waals surface area contributed by atoms with Gasteiger partial charge in [0.25, 0.3) is 0 Å². The van der Waals surface area contributed by atoms with E-state index in [1.165, 1.54) is 0 Å². The molecule has 0 amide bonds. The molecule has 18 heavy (non-hydrogen) atoms. The Morgan fingerprint density at radius 1 is 1.28 bits per heavy atom. The van der Waals surface area contributed by atoms with Gasteiger partial charge in [-0.2, -0.15) is 0 Å². The monoisotopic (exact) mass is 268 g/mol. The van der Waals surface area contributed by atoms with Gasteiger partial charge in [0.05, 0.1) is 17.1 Å². The highest BCUT2D eigenvalue weighted by molar-refractivity contribution is 7.91. The van der Waals surface area contributed by atoms with Crippen LogP contribution in [0.15, 0.2) is 29.2 Å². The van der Waals surface area contributed by atoms with Crippen LogP contribution in [0.3, 0.4) is 0 Å². The second kappa shape index (κ2) is 4.72. The largest absolute Gasteiger partial charge is 0.462 e. The third-order valence-electron chi connectivity index (χ3n) is 3.22. The topological polar surface area (TPSA) is 60.4 Å². The molecule has 4 nitrogen and oxygen atoms in total. The molecule has 1 heterocycles. The SMILES string of the molecule is Cc1ccc(S(=O)(=O)C[C@@H]2CC(=O)O[C@H]2C)cc1. The number of ether oxygens (including phenoxy) is 1. The van der Waals surface area contributed by atoms with E-state index >= 15 is 0 Å². The number of hydrogen-bond donors (Lipinski definition) is 0. The highest BCUT2D eigenvalue weighted by atomic mass is 32.2. The predicted octanol–water partition coefficient (Wildman–Crippen LogP) is 1.72. The fourth-order valence-electron chi connectivity index (χ4n) is 2.05. The molecule has 1 saturated heterocycles. The lowest BCUT2D eigenvalue weighted by Crippen LogP contribution is -2.22. The van der Waals surface area contributed by atoms with E-state index in [-0.39, 0.29) is 30.2 Å². The van der Waals surface area contributed by atoms with Gasteiger partial charge in [0.2, 0.25) is 0 Å². The molecule has 0 unspecified atom stereocenters. The Balaban J connectivity index is 2.17. The van der Waals surface area contributed by atoms with Crippen molar-refractivity contribution in [3.8, 4) is 0 Å². The summed E-state index contributed by atoms with van der Waals surface area (Å²) in [6, 6.07) is 6.75. The van der Waals surface area contributed by atoms with E-state index < -0.39 is 9.84 Å². The number of aryl methyl sites for hydroxylation is 1. The van der Waals surface area contributed by atoms with Crippen molar-refractivity contribution in [1.82, 2.24) is 0 Å². The van der Waals surface area contributed by atoms with Crippen LogP contribution in [0.2, 0.25) is 0 Å². The van der Waals surface area contributed by atoms with Crippen molar-refractivity contribution >= 4 is 15.8 Å². The third kappa shape index (κ3) is 2.72. The van der Waals surface area contributed by atoms with Crippen molar-refractivity contribution in [2.45, 2.75) is 31.3 Å². The van der Waals surface area contributed by atoms with E-state index in [1.807, 2.05) is 6.92 Å². The molecule has 1 aliphatic heterocycles. The number of rotatable bonds is 3. The number of hydrogen-bond acceptors (Lipinski definition) is 4. The lowest BCUT2D eigenvalue weighted by atomic mass is 10.1. The van der Waals surface area contributed by atoms with Gasteiger partial charge in [-0.25, -0.2) is 8.42 Å². The Hall–Kier alpha value is -1.36. The Morgan fingerprint density at radius 3 is 2.39 bits per heavy atom. The van der Waals surface area contributed by atoms with Gasteiger partial charge in [0, 0.05) is 5.92 Å². The average molecular weight is 268 g/mol. The summed E-state index contributed by atoms with van der Waals surface area (Å²) in [5.74, 6) is -0.599. The molecule has 0 N–H and O–H groups in total. The lowest BCUT2D eigenvalue weighted by molar-refractivity contribution is -0.140. The standard InChI is InChI=1S/C13H16O4S/c1-9-3-5-12(6-4-9)18(15,16)8-11-7-13(14)17-10(11)2/h3-6,10-11H,7-8H2,1-2H3/t10-,11-/m0/s1. The summed E-state index contributed by atoms with van der Waals surface area (Å²) in [7, 11) is -3.35. The summed E-state index contributed by atoms with van der Waals surface area (Å²) in [6.45, 7) is 3.64. The Labute approximate surface area is 107 Å². The van der Waals surface area contributed by atoms with Gasteiger partial charge in [-0.15, -0.1) is 0 Å². The van der Waals surface area contributed by atoms with Crippen LogP contribution in [0, 0.1) is 12.8 Å². The Bertz CT molecular complexity index is 545. The quantitative estimate of drug-likeness (QED) is 0.783. The number of carbonyl (C=O) groups is 1. The summed E-state index contributed by atoms with van der Waals surface area (Å²) in [5, 5.41) is 0. The van der Waals surface area contributed by atoms with Gasteiger partial charge in [-0.05, 0) is 26.0 Å². The predicted molar refractivity (Wildman–Crippen MR) is 66.9 cm³/mol. The highest BCUT2D eigenvalue weighted by Crippen LogP contribution is 2.26. The van der Waals surface area contributed by atoms with E-state index in [4.69, 9.17) is 4.74 Å². The average Bonchev–Trinajstić information content (AvgIpc) is 2.57. The van der Waals surface area contributed by atoms with Gasteiger partial charge < -0.3 is 4.74 Å². The molecule has 98 valence electrons. The molecule has 0 aliphatic carbocycles. The molecular weight excluding hydrogens is 252 g/mol. The van der Waals surface area contributed by atoms with Gasteiger partial charge in [0.15, 0.2) is 9.84 Å². The molecule has 0 bridgehead atoms. The second-order valence-corrected chi connectivity index (χ2v) is 6.79. The van der Waals surface area contributed by atoms with Crippen molar-refractivity contribution in [2.24, 2.45) is 5.92 Å². The van der Waals surface area contributed by atoms with Crippen molar-refractivity contribution < 1.29 is 17.9 Å². The van der Waals surface area contributed by atoms with E-state index in [9.17, 15) is 13.2 Å². The highest BCUT2D eigenvalue weighted by Gasteiger charge is 2.35. The normalized spacial score (nSPS) is 24.0. The number of cyclic esters (lactones) is 1. The maximum Gasteiger partial charge on any atom is 0.306 e. The summed E-state index contributed by atoms with van der Waals surface area (Å²) in [6.07, 6.45) is -0.135. The summed E-state index contributed by atoms with van der Waals surface area (Å²) in [5.41, 5.74) is 1.02. The van der Waals surface area contributed by atoms with Crippen LogP contribution in [-0.2, 0) is 19.4 Å². The van der Waals surface area contributed by atoms with Crippen molar-refractivity contribution in [3.05, 3.63) is 29.8 Å². The molecule has 2 atom stereocenters. The maximum atomic E-state index is 12.2. The van der Waals surface area contributed by atoms with Crippen molar-refractivity contribution in [1.29, 1.82) is 0 Å². The van der Waals surface area contributed by atoms with Crippen LogP contribution >= 0.6 is 0 Å². The lowest BCUT2D eigenvalue weighted by Gasteiger charge is -2.13. The molecule has 0 spiro atoms. The molecule has 0 radical (unpaired) electrons. The fraction of sp³-hybridized carbons (Fsp3) is 0.462. The molecule has 1 aromatic rings. The zero-order valence-corrected chi connectivity index (χ0v) is 11.2. The first-order valence-corrected chi connectivity index (χ1v) is 7.52. The van der Waals surface area contributed by atoms with E-state index in [2.05, 4.69) is 0 Å². The number of carbonyl (C=O) groups excluding carboxylic acids is 1. The third-order valence-corrected chi connectivity index (χ3v) is 5.08. The smallest absolute Gasteiger partial charge is 0.306 e. The molecule has 1 fully saturated rings. The zero-order valence-electron chi connectivity index (χ0n) is 10.4. The molecule has 5 heteroatoms. The second-order valence-electron chi connectivity index (χ2n) is 4.75. The van der Waals surface area contributed by atoms with Crippen LogP contribution in [0.1, 0.15) is 18.9 Å². The minimum Gasteiger partial charge on any atom is -0.462 e. The van der Waals surface area contributed by atoms with Crippen LogP contribution in [-0.4, -0.2) is 26.2 Å². The summed E-state index contributed by atoms with van der Waals surface area (Å²) < 4.78 is 29.3. The molecule has 1 aliphatic rings. The Morgan fingerprint density at radius 2 is 1.89 bits per heavy atom. The maximum absolute atomic E-state index is 12.2. The van der Waals surface area contributed by atoms with Crippen LogP contribution in [0.25, 0.3) is 0 Å². The van der Waals surface area contributed by atoms with Gasteiger partial charge in [-0.1, -0.05) is 17.7 Å². The summed E-state index contributed by atoms with van der Waals surface area (Å²) >= 11 is 0. The summed E-state index contributed by atoms with van der Waals surface area (Å²) in [4.78, 5) is 11.4. The van der Waals surface area contributed by atoms with Gasteiger partial charge >= 0.3 is 5.97 Å². The first-order valence-electron chi connectivity index (χ1n) is 5.87. The first-order chi connectivity index (χ1) is 8.38. The number of benzene rings is 1. The molecular formula is C13H16O4S. The van der Waals surface area contributed by atoms with Crippen LogP contribution in [0.5, 0.6) is 0 Å². The zero-order chi connectivity index (χ0) is 13.3. The molecule has 2 rings (SSSR count). The Kier molecular flexibility index (Phi) is 3.43.